The van der Waals surface area contributed by atoms with Crippen molar-refractivity contribution in [2.45, 2.75) is 9.79 Å². The molecule has 0 aliphatic rings. The van der Waals surface area contributed by atoms with Crippen LogP contribution in [0.25, 0.3) is 16.6 Å². The molecule has 3 aromatic heterocycles. The van der Waals surface area contributed by atoms with Crippen LogP contribution in [0.2, 0.25) is 0 Å². The average Bonchev–Trinajstić information content (AvgIpc) is 3.28. The first kappa shape index (κ1) is 15.9. The SMILES string of the molecule is Cn1cc(-c2cc(Sc3ccccc3C#N)c3c(C#N)cnn3c2)cn1. The van der Waals surface area contributed by atoms with E-state index in [9.17, 15) is 10.5 Å². The van der Waals surface area contributed by atoms with Crippen LogP contribution < -0.4 is 0 Å². The van der Waals surface area contributed by atoms with Gasteiger partial charge in [0.05, 0.1) is 29.0 Å². The van der Waals surface area contributed by atoms with Gasteiger partial charge in [-0.15, -0.1) is 0 Å². The minimum atomic E-state index is 0.500. The highest BCUT2D eigenvalue weighted by Crippen LogP contribution is 2.36. The van der Waals surface area contributed by atoms with Crippen molar-refractivity contribution in [2.24, 2.45) is 7.05 Å². The normalized spacial score (nSPS) is 10.6. The lowest BCUT2D eigenvalue weighted by atomic mass is 10.1. The fraction of sp³-hybridized carbons (Fsp3) is 0.0526. The molecule has 0 spiro atoms. The van der Waals surface area contributed by atoms with Crippen molar-refractivity contribution < 1.29 is 0 Å². The van der Waals surface area contributed by atoms with Crippen LogP contribution in [0.5, 0.6) is 0 Å². The molecule has 1 aromatic carbocycles. The maximum Gasteiger partial charge on any atom is 0.103 e. The maximum absolute atomic E-state index is 9.43. The van der Waals surface area contributed by atoms with Gasteiger partial charge >= 0.3 is 0 Å². The highest BCUT2D eigenvalue weighted by molar-refractivity contribution is 7.99. The first-order chi connectivity index (χ1) is 12.7. The molecule has 7 heteroatoms. The molecule has 4 aromatic rings. The first-order valence-corrected chi connectivity index (χ1v) is 8.58. The molecule has 0 fully saturated rings. The molecule has 0 saturated carbocycles. The lowest BCUT2D eigenvalue weighted by molar-refractivity contribution is 0.768. The quantitative estimate of drug-likeness (QED) is 0.560. The minimum absolute atomic E-state index is 0.500. The summed E-state index contributed by atoms with van der Waals surface area (Å²) < 4.78 is 3.44. The Morgan fingerprint density at radius 3 is 2.46 bits per heavy atom. The average molecular weight is 356 g/mol. The number of rotatable bonds is 3. The van der Waals surface area contributed by atoms with Gasteiger partial charge in [-0.3, -0.25) is 4.68 Å². The van der Waals surface area contributed by atoms with E-state index in [4.69, 9.17) is 0 Å². The number of hydrogen-bond acceptors (Lipinski definition) is 5. The van der Waals surface area contributed by atoms with Crippen LogP contribution in [-0.4, -0.2) is 19.4 Å². The Morgan fingerprint density at radius 1 is 0.923 bits per heavy atom. The molecule has 0 N–H and O–H groups in total. The molecule has 0 amide bonds. The molecule has 4 rings (SSSR count). The molecule has 0 saturated heterocycles. The van der Waals surface area contributed by atoms with E-state index in [1.807, 2.05) is 43.7 Å². The lowest BCUT2D eigenvalue weighted by Gasteiger charge is -2.09. The zero-order chi connectivity index (χ0) is 18.1. The van der Waals surface area contributed by atoms with E-state index in [0.29, 0.717) is 11.1 Å². The van der Waals surface area contributed by atoms with Crippen molar-refractivity contribution in [3.8, 4) is 23.3 Å². The van der Waals surface area contributed by atoms with Crippen LogP contribution in [0.3, 0.4) is 0 Å². The van der Waals surface area contributed by atoms with Crippen LogP contribution in [0, 0.1) is 22.7 Å². The Bertz CT molecular complexity index is 1200. The van der Waals surface area contributed by atoms with Crippen molar-refractivity contribution >= 4 is 17.3 Å². The number of fused-ring (bicyclic) bond motifs is 1. The standard InChI is InChI=1S/C19H12N6S/c1-24-11-16(10-22-24)14-6-18(19-15(8-21)9-23-25(19)12-14)26-17-5-3-2-4-13(17)7-20/h2-6,9-12H,1H3. The topological polar surface area (TPSA) is 82.7 Å². The summed E-state index contributed by atoms with van der Waals surface area (Å²) in [6.07, 6.45) is 7.15. The number of aromatic nitrogens is 4. The Balaban J connectivity index is 1.92. The summed E-state index contributed by atoms with van der Waals surface area (Å²) in [5.41, 5.74) is 3.73. The highest BCUT2D eigenvalue weighted by Gasteiger charge is 2.15. The third-order valence-electron chi connectivity index (χ3n) is 3.96. The van der Waals surface area contributed by atoms with Crippen LogP contribution in [0.1, 0.15) is 11.1 Å². The monoisotopic (exact) mass is 356 g/mol. The zero-order valence-electron chi connectivity index (χ0n) is 13.8. The number of hydrogen-bond donors (Lipinski definition) is 0. The lowest BCUT2D eigenvalue weighted by Crippen LogP contribution is -1.92. The van der Waals surface area contributed by atoms with Crippen LogP contribution >= 0.6 is 11.8 Å². The van der Waals surface area contributed by atoms with Crippen molar-refractivity contribution in [3.05, 3.63) is 66.2 Å². The molecule has 0 bridgehead atoms. The Morgan fingerprint density at radius 2 is 1.73 bits per heavy atom. The fourth-order valence-corrected chi connectivity index (χ4v) is 3.83. The second-order valence-corrected chi connectivity index (χ2v) is 6.75. The summed E-state index contributed by atoms with van der Waals surface area (Å²) >= 11 is 1.46. The maximum atomic E-state index is 9.43. The summed E-state index contributed by atoms with van der Waals surface area (Å²) in [7, 11) is 1.86. The van der Waals surface area contributed by atoms with Crippen molar-refractivity contribution in [1.82, 2.24) is 19.4 Å². The van der Waals surface area contributed by atoms with Crippen LogP contribution in [0.4, 0.5) is 0 Å². The zero-order valence-corrected chi connectivity index (χ0v) is 14.6. The molecule has 0 unspecified atom stereocenters. The van der Waals surface area contributed by atoms with Gasteiger partial charge in [-0.25, -0.2) is 4.52 Å². The molecule has 26 heavy (non-hydrogen) atoms. The van der Waals surface area contributed by atoms with E-state index in [1.54, 1.807) is 27.7 Å². The molecule has 0 atom stereocenters. The second-order valence-electron chi connectivity index (χ2n) is 5.67. The smallest absolute Gasteiger partial charge is 0.103 e. The predicted octanol–water partition coefficient (Wildman–Crippen LogP) is 3.63. The van der Waals surface area contributed by atoms with Crippen molar-refractivity contribution in [1.29, 1.82) is 10.5 Å². The van der Waals surface area contributed by atoms with Gasteiger partial charge in [-0.2, -0.15) is 20.7 Å². The molecular weight excluding hydrogens is 344 g/mol. The molecule has 124 valence electrons. The van der Waals surface area contributed by atoms with Gasteiger partial charge in [0.15, 0.2) is 0 Å². The minimum Gasteiger partial charge on any atom is -0.275 e. The van der Waals surface area contributed by atoms with Gasteiger partial charge in [0.25, 0.3) is 0 Å². The van der Waals surface area contributed by atoms with E-state index in [1.165, 1.54) is 11.8 Å². The number of benzene rings is 1. The Hall–Kier alpha value is -3.55. The van der Waals surface area contributed by atoms with E-state index < -0.39 is 0 Å². The Labute approximate surface area is 153 Å². The summed E-state index contributed by atoms with van der Waals surface area (Å²) in [5, 5.41) is 27.3. The highest BCUT2D eigenvalue weighted by atomic mass is 32.2. The predicted molar refractivity (Wildman–Crippen MR) is 97.4 cm³/mol. The Kier molecular flexibility index (Phi) is 3.92. The van der Waals surface area contributed by atoms with Gasteiger partial charge in [0, 0.05) is 40.4 Å². The summed E-state index contributed by atoms with van der Waals surface area (Å²) in [6.45, 7) is 0. The number of nitrogens with zero attached hydrogens (tertiary/aromatic N) is 6. The molecule has 6 nitrogen and oxygen atoms in total. The third kappa shape index (κ3) is 2.71. The molecular formula is C19H12N6S. The van der Waals surface area contributed by atoms with Gasteiger partial charge in [-0.05, 0) is 18.2 Å². The molecule has 0 aliphatic heterocycles. The summed E-state index contributed by atoms with van der Waals surface area (Å²) in [6, 6.07) is 13.8. The third-order valence-corrected chi connectivity index (χ3v) is 5.07. The fourth-order valence-electron chi connectivity index (χ4n) is 2.74. The van der Waals surface area contributed by atoms with Crippen molar-refractivity contribution in [3.63, 3.8) is 0 Å². The molecule has 0 aliphatic carbocycles. The molecule has 0 radical (unpaired) electrons. The van der Waals surface area contributed by atoms with Crippen LogP contribution in [-0.2, 0) is 7.05 Å². The summed E-state index contributed by atoms with van der Waals surface area (Å²) in [5.74, 6) is 0. The van der Waals surface area contributed by atoms with E-state index in [0.717, 1.165) is 26.4 Å². The van der Waals surface area contributed by atoms with Crippen molar-refractivity contribution in [2.75, 3.05) is 0 Å². The number of nitriles is 2. The van der Waals surface area contributed by atoms with E-state index >= 15 is 0 Å². The van der Waals surface area contributed by atoms with Gasteiger partial charge in [0.1, 0.15) is 12.1 Å². The van der Waals surface area contributed by atoms with Gasteiger partial charge < -0.3 is 0 Å². The summed E-state index contributed by atoms with van der Waals surface area (Å²) in [4.78, 5) is 1.70. The van der Waals surface area contributed by atoms with E-state index in [2.05, 4.69) is 22.3 Å². The largest absolute Gasteiger partial charge is 0.275 e. The first-order valence-electron chi connectivity index (χ1n) is 7.77. The van der Waals surface area contributed by atoms with Gasteiger partial charge in [0.2, 0.25) is 0 Å². The number of aryl methyl sites for hydroxylation is 1. The number of pyridine rings is 1. The van der Waals surface area contributed by atoms with E-state index in [-0.39, 0.29) is 0 Å². The van der Waals surface area contributed by atoms with Crippen LogP contribution in [0.15, 0.2) is 64.9 Å². The molecule has 3 heterocycles. The second kappa shape index (κ2) is 6.40. The van der Waals surface area contributed by atoms with Gasteiger partial charge in [-0.1, -0.05) is 23.9 Å².